The topological polar surface area (TPSA) is 89.8 Å². The highest BCUT2D eigenvalue weighted by molar-refractivity contribution is 5.75. The Morgan fingerprint density at radius 1 is 1.21 bits per heavy atom. The van der Waals surface area contributed by atoms with E-state index < -0.39 is 18.3 Å². The molecule has 0 bridgehead atoms. The van der Waals surface area contributed by atoms with Gasteiger partial charge < -0.3 is 20.6 Å². The average Bonchev–Trinajstić information content (AvgIpc) is 3.00. The van der Waals surface area contributed by atoms with E-state index in [1.54, 1.807) is 13.1 Å². The molecule has 5 heteroatoms. The minimum Gasteiger partial charge on any atom is -0.393 e. The molecule has 1 saturated carbocycles. The highest BCUT2D eigenvalue weighted by atomic mass is 16.3. The highest BCUT2D eigenvalue weighted by Crippen LogP contribution is 2.36. The summed E-state index contributed by atoms with van der Waals surface area (Å²) in [6.45, 7) is 0. The monoisotopic (exact) mass is 401 g/mol. The van der Waals surface area contributed by atoms with Crippen molar-refractivity contribution < 1.29 is 20.1 Å². The number of aryl methyl sites for hydroxylation is 1. The van der Waals surface area contributed by atoms with Crippen LogP contribution >= 0.6 is 0 Å². The fourth-order valence-electron chi connectivity index (χ4n) is 3.90. The van der Waals surface area contributed by atoms with E-state index in [9.17, 15) is 20.1 Å². The number of aliphatic hydroxyl groups is 3. The van der Waals surface area contributed by atoms with Crippen LogP contribution in [-0.4, -0.2) is 46.6 Å². The van der Waals surface area contributed by atoms with Crippen molar-refractivity contribution in [3.63, 3.8) is 0 Å². The molecule has 0 radical (unpaired) electrons. The molecule has 1 amide bonds. The van der Waals surface area contributed by atoms with Gasteiger partial charge in [-0.1, -0.05) is 54.6 Å². The third-order valence-corrected chi connectivity index (χ3v) is 5.67. The molecular formula is C24H35NO4. The van der Waals surface area contributed by atoms with Crippen LogP contribution in [0.3, 0.4) is 0 Å². The first-order valence-corrected chi connectivity index (χ1v) is 10.6. The zero-order valence-corrected chi connectivity index (χ0v) is 17.3. The van der Waals surface area contributed by atoms with Crippen LogP contribution in [0.5, 0.6) is 0 Å². The van der Waals surface area contributed by atoms with Gasteiger partial charge in [-0.3, -0.25) is 4.79 Å². The molecule has 1 aliphatic carbocycles. The first-order chi connectivity index (χ1) is 14.0. The number of unbranched alkanes of at least 4 members (excludes halogenated alkanes) is 1. The molecule has 5 unspecified atom stereocenters. The molecule has 1 fully saturated rings. The van der Waals surface area contributed by atoms with E-state index in [-0.39, 0.29) is 17.7 Å². The highest BCUT2D eigenvalue weighted by Gasteiger charge is 2.39. The minimum absolute atomic E-state index is 0.0451. The molecule has 0 spiro atoms. The number of amides is 1. The van der Waals surface area contributed by atoms with Crippen molar-refractivity contribution in [3.05, 3.63) is 60.2 Å². The molecule has 0 aliphatic heterocycles. The van der Waals surface area contributed by atoms with Crippen LogP contribution < -0.4 is 5.32 Å². The standard InChI is InChI=1S/C24H35NO4/c1-25-24(29)12-8-3-2-7-11-20-21(23(28)17-22(20)27)16-15-19(26)14-13-18-9-5-4-6-10-18/h2,4-7,9-10,15-16,19-23,26-28H,3,8,11-14,17H2,1H3,(H,25,29). The van der Waals surface area contributed by atoms with Crippen molar-refractivity contribution in [3.8, 4) is 0 Å². The number of hydrogen-bond donors (Lipinski definition) is 4. The van der Waals surface area contributed by atoms with Crippen molar-refractivity contribution in [2.75, 3.05) is 7.05 Å². The summed E-state index contributed by atoms with van der Waals surface area (Å²) >= 11 is 0. The van der Waals surface area contributed by atoms with Crippen molar-refractivity contribution in [2.24, 2.45) is 11.8 Å². The smallest absolute Gasteiger partial charge is 0.219 e. The van der Waals surface area contributed by atoms with Crippen LogP contribution in [0.15, 0.2) is 54.6 Å². The second-order valence-electron chi connectivity index (χ2n) is 7.86. The van der Waals surface area contributed by atoms with Crippen molar-refractivity contribution in [1.29, 1.82) is 0 Å². The Hall–Kier alpha value is -1.95. The van der Waals surface area contributed by atoms with Gasteiger partial charge >= 0.3 is 0 Å². The van der Waals surface area contributed by atoms with E-state index in [2.05, 4.69) is 5.32 Å². The van der Waals surface area contributed by atoms with Gasteiger partial charge in [-0.05, 0) is 43.6 Å². The van der Waals surface area contributed by atoms with Gasteiger partial charge in [0, 0.05) is 25.8 Å². The molecule has 5 nitrogen and oxygen atoms in total. The maximum absolute atomic E-state index is 11.2. The van der Waals surface area contributed by atoms with E-state index in [0.717, 1.165) is 19.3 Å². The van der Waals surface area contributed by atoms with Crippen LogP contribution in [0, 0.1) is 11.8 Å². The lowest BCUT2D eigenvalue weighted by atomic mass is 9.89. The first-order valence-electron chi connectivity index (χ1n) is 10.6. The third kappa shape index (κ3) is 8.13. The zero-order valence-electron chi connectivity index (χ0n) is 17.3. The Kier molecular flexibility index (Phi) is 10.1. The van der Waals surface area contributed by atoms with Crippen molar-refractivity contribution in [2.45, 2.75) is 63.3 Å². The van der Waals surface area contributed by atoms with Crippen LogP contribution in [0.25, 0.3) is 0 Å². The molecule has 5 atom stereocenters. The Bertz CT molecular complexity index is 658. The summed E-state index contributed by atoms with van der Waals surface area (Å²) in [5.74, 6) is -0.173. The number of nitrogens with one attached hydrogen (secondary N) is 1. The lowest BCUT2D eigenvalue weighted by molar-refractivity contribution is -0.120. The number of carbonyl (C=O) groups is 1. The van der Waals surface area contributed by atoms with Gasteiger partial charge in [0.25, 0.3) is 0 Å². The molecule has 160 valence electrons. The lowest BCUT2D eigenvalue weighted by Gasteiger charge is -2.19. The Balaban J connectivity index is 1.80. The first kappa shape index (κ1) is 23.3. The zero-order chi connectivity index (χ0) is 21.1. The number of rotatable bonds is 11. The molecule has 2 rings (SSSR count). The summed E-state index contributed by atoms with van der Waals surface area (Å²) < 4.78 is 0. The predicted molar refractivity (Wildman–Crippen MR) is 115 cm³/mol. The molecule has 29 heavy (non-hydrogen) atoms. The Morgan fingerprint density at radius 3 is 2.69 bits per heavy atom. The van der Waals surface area contributed by atoms with Gasteiger partial charge in [-0.2, -0.15) is 0 Å². The van der Waals surface area contributed by atoms with Crippen LogP contribution in [0.2, 0.25) is 0 Å². The number of benzene rings is 1. The fourth-order valence-corrected chi connectivity index (χ4v) is 3.90. The molecule has 4 N–H and O–H groups in total. The number of allylic oxidation sites excluding steroid dienone is 2. The maximum atomic E-state index is 11.2. The molecule has 0 saturated heterocycles. The second-order valence-corrected chi connectivity index (χ2v) is 7.86. The van der Waals surface area contributed by atoms with Gasteiger partial charge in [-0.15, -0.1) is 0 Å². The summed E-state index contributed by atoms with van der Waals surface area (Å²) in [6.07, 6.45) is 10.6. The number of aliphatic hydroxyl groups excluding tert-OH is 3. The van der Waals surface area contributed by atoms with Gasteiger partial charge in [0.05, 0.1) is 18.3 Å². The maximum Gasteiger partial charge on any atom is 0.219 e. The van der Waals surface area contributed by atoms with E-state index in [0.29, 0.717) is 25.7 Å². The van der Waals surface area contributed by atoms with Crippen LogP contribution in [0.1, 0.15) is 44.1 Å². The van der Waals surface area contributed by atoms with Crippen molar-refractivity contribution in [1.82, 2.24) is 5.32 Å². The Morgan fingerprint density at radius 2 is 1.97 bits per heavy atom. The van der Waals surface area contributed by atoms with E-state index in [1.165, 1.54) is 5.56 Å². The molecule has 1 aliphatic rings. The van der Waals surface area contributed by atoms with Gasteiger partial charge in [0.15, 0.2) is 0 Å². The minimum atomic E-state index is -0.589. The molecule has 0 aromatic heterocycles. The van der Waals surface area contributed by atoms with Gasteiger partial charge in [-0.25, -0.2) is 0 Å². The quantitative estimate of drug-likeness (QED) is 0.339. The predicted octanol–water partition coefficient (Wildman–Crippen LogP) is 2.76. The summed E-state index contributed by atoms with van der Waals surface area (Å²) in [5, 5.41) is 33.5. The lowest BCUT2D eigenvalue weighted by Crippen LogP contribution is -2.20. The third-order valence-electron chi connectivity index (χ3n) is 5.67. The van der Waals surface area contributed by atoms with Crippen LogP contribution in [0.4, 0.5) is 0 Å². The normalized spacial score (nSPS) is 25.7. The summed E-state index contributed by atoms with van der Waals surface area (Å²) in [7, 11) is 1.64. The summed E-state index contributed by atoms with van der Waals surface area (Å²) in [4.78, 5) is 11.2. The molecule has 1 aromatic rings. The number of hydrogen-bond acceptors (Lipinski definition) is 4. The van der Waals surface area contributed by atoms with E-state index in [4.69, 9.17) is 0 Å². The average molecular weight is 402 g/mol. The summed E-state index contributed by atoms with van der Waals surface area (Å²) in [6, 6.07) is 10.0. The van der Waals surface area contributed by atoms with Crippen LogP contribution in [-0.2, 0) is 11.2 Å². The second kappa shape index (κ2) is 12.6. The van der Waals surface area contributed by atoms with Crippen molar-refractivity contribution >= 4 is 5.91 Å². The Labute approximate surface area is 174 Å². The largest absolute Gasteiger partial charge is 0.393 e. The fraction of sp³-hybridized carbons (Fsp3) is 0.542. The van der Waals surface area contributed by atoms with E-state index >= 15 is 0 Å². The van der Waals surface area contributed by atoms with Gasteiger partial charge in [0.2, 0.25) is 5.91 Å². The van der Waals surface area contributed by atoms with Gasteiger partial charge in [0.1, 0.15) is 0 Å². The SMILES string of the molecule is CNC(=O)CCCC=CCC1C(O)CC(O)C1C=CC(O)CCc1ccccc1. The summed E-state index contributed by atoms with van der Waals surface area (Å²) in [5.41, 5.74) is 1.19. The molecule has 1 aromatic carbocycles. The van der Waals surface area contributed by atoms with E-state index in [1.807, 2.05) is 48.6 Å². The molecular weight excluding hydrogens is 366 g/mol. The number of carbonyl (C=O) groups excluding carboxylic acids is 1. The molecule has 0 heterocycles.